The summed E-state index contributed by atoms with van der Waals surface area (Å²) in [5.74, 6) is 1.05. The lowest BCUT2D eigenvalue weighted by Crippen LogP contribution is -1.87. The van der Waals surface area contributed by atoms with Gasteiger partial charge >= 0.3 is 6.15 Å². The zero-order valence-electron chi connectivity index (χ0n) is 10.8. The first-order valence-corrected chi connectivity index (χ1v) is 5.88. The van der Waals surface area contributed by atoms with Gasteiger partial charge in [-0.15, -0.1) is 5.10 Å². The van der Waals surface area contributed by atoms with E-state index in [1.165, 1.54) is 6.20 Å². The highest BCUT2D eigenvalue weighted by molar-refractivity contribution is 5.59. The molecular weight excluding hydrogens is 272 g/mol. The third-order valence-corrected chi connectivity index (χ3v) is 2.42. The van der Waals surface area contributed by atoms with Crippen molar-refractivity contribution in [1.29, 1.82) is 0 Å². The number of hydrogen-bond donors (Lipinski definition) is 1. The van der Waals surface area contributed by atoms with Gasteiger partial charge in [-0.2, -0.15) is 19.9 Å². The summed E-state index contributed by atoms with van der Waals surface area (Å²) in [6.07, 6.45) is 3.42. The van der Waals surface area contributed by atoms with Crippen LogP contribution in [0.1, 0.15) is 0 Å². The van der Waals surface area contributed by atoms with E-state index in [9.17, 15) is 0 Å². The monoisotopic (exact) mass is 282 g/mol. The van der Waals surface area contributed by atoms with Crippen molar-refractivity contribution in [3.63, 3.8) is 0 Å². The molecule has 7 nitrogen and oxygen atoms in total. The molecule has 0 saturated carbocycles. The Labute approximate surface area is 119 Å². The highest BCUT2D eigenvalue weighted by atomic mass is 16.5. The summed E-state index contributed by atoms with van der Waals surface area (Å²) in [5, 5.41) is 9.95. The van der Waals surface area contributed by atoms with E-state index in [-0.39, 0.29) is 6.15 Å². The predicted octanol–water partition coefficient (Wildman–Crippen LogP) is 2.08. The molecule has 3 rings (SSSR count). The van der Waals surface area contributed by atoms with Crippen LogP contribution in [0.15, 0.2) is 54.9 Å². The zero-order valence-corrected chi connectivity index (χ0v) is 10.8. The smallest absolute Gasteiger partial charge is 0.373 e. The fraction of sp³-hybridized carbons (Fsp3) is 0. The summed E-state index contributed by atoms with van der Waals surface area (Å²) in [6.45, 7) is 0. The van der Waals surface area contributed by atoms with E-state index in [4.69, 9.17) is 14.3 Å². The molecule has 21 heavy (non-hydrogen) atoms. The molecule has 0 aliphatic heterocycles. The number of carbonyl (C=O) groups excluding carboxylic acids is 2. The van der Waals surface area contributed by atoms with Crippen LogP contribution in [0.3, 0.4) is 0 Å². The summed E-state index contributed by atoms with van der Waals surface area (Å²) in [5.41, 5.74) is 1.98. The topological polar surface area (TPSA) is 97.8 Å². The number of benzene rings is 1. The van der Waals surface area contributed by atoms with Crippen molar-refractivity contribution in [2.75, 3.05) is 0 Å². The lowest BCUT2D eigenvalue weighted by atomic mass is 10.1. The number of rotatable bonds is 3. The Kier molecular flexibility index (Phi) is 4.92. The van der Waals surface area contributed by atoms with Crippen molar-refractivity contribution in [1.82, 2.24) is 20.4 Å². The molecule has 7 heteroatoms. The van der Waals surface area contributed by atoms with Crippen molar-refractivity contribution in [2.24, 2.45) is 0 Å². The first kappa shape index (κ1) is 14.1. The summed E-state index contributed by atoms with van der Waals surface area (Å²) in [6, 6.07) is 13.7. The standard InChI is InChI=1S/C13H10N4O.CO2/c1-2-4-10(5-3-1)12-7-6-11(8-14-12)18-13-9-15-17-16-13;2-1-3/h1-9H,(H,15,16,17);. The number of nitrogens with one attached hydrogen (secondary N) is 1. The second kappa shape index (κ2) is 7.32. The average molecular weight is 282 g/mol. The molecule has 1 aromatic carbocycles. The predicted molar refractivity (Wildman–Crippen MR) is 71.1 cm³/mol. The first-order valence-electron chi connectivity index (χ1n) is 5.88. The summed E-state index contributed by atoms with van der Waals surface area (Å²) in [4.78, 5) is 20.6. The Hall–Kier alpha value is -3.31. The maximum absolute atomic E-state index is 8.12. The van der Waals surface area contributed by atoms with Crippen LogP contribution < -0.4 is 4.74 Å². The minimum absolute atomic E-state index is 0.250. The van der Waals surface area contributed by atoms with Gasteiger partial charge in [-0.25, -0.2) is 0 Å². The number of aromatic nitrogens is 4. The number of pyridine rings is 1. The Balaban J connectivity index is 0.000000497. The van der Waals surface area contributed by atoms with Crippen molar-refractivity contribution < 1.29 is 14.3 Å². The molecule has 104 valence electrons. The molecule has 0 saturated heterocycles. The third kappa shape index (κ3) is 4.09. The molecular formula is C14H10N4O3. The molecule has 1 N–H and O–H groups in total. The highest BCUT2D eigenvalue weighted by Crippen LogP contribution is 2.21. The number of nitrogens with zero attached hydrogens (tertiary/aromatic N) is 3. The molecule has 0 spiro atoms. The molecule has 0 fully saturated rings. The van der Waals surface area contributed by atoms with Gasteiger partial charge in [-0.05, 0) is 12.1 Å². The van der Waals surface area contributed by atoms with E-state index >= 15 is 0 Å². The Bertz CT molecular complexity index is 691. The van der Waals surface area contributed by atoms with Crippen LogP contribution >= 0.6 is 0 Å². The van der Waals surface area contributed by atoms with Crippen LogP contribution in [-0.2, 0) is 9.59 Å². The van der Waals surface area contributed by atoms with Crippen molar-refractivity contribution >= 4 is 6.15 Å². The lowest BCUT2D eigenvalue weighted by Gasteiger charge is -2.03. The van der Waals surface area contributed by atoms with E-state index in [2.05, 4.69) is 20.4 Å². The van der Waals surface area contributed by atoms with Crippen LogP contribution in [0.25, 0.3) is 11.3 Å². The van der Waals surface area contributed by atoms with Gasteiger partial charge in [0.05, 0.1) is 11.9 Å². The summed E-state index contributed by atoms with van der Waals surface area (Å²) < 4.78 is 5.44. The molecule has 0 aliphatic carbocycles. The van der Waals surface area contributed by atoms with Gasteiger partial charge in [-0.1, -0.05) is 30.3 Å². The van der Waals surface area contributed by atoms with E-state index < -0.39 is 0 Å². The van der Waals surface area contributed by atoms with Gasteiger partial charge in [0.25, 0.3) is 5.88 Å². The highest BCUT2D eigenvalue weighted by Gasteiger charge is 2.02. The summed E-state index contributed by atoms with van der Waals surface area (Å²) >= 11 is 0. The summed E-state index contributed by atoms with van der Waals surface area (Å²) in [7, 11) is 0. The molecule has 0 unspecified atom stereocenters. The average Bonchev–Trinajstić information content (AvgIpc) is 3.03. The molecule has 2 aromatic heterocycles. The minimum atomic E-state index is 0.250. The molecule has 2 heterocycles. The zero-order chi connectivity index (χ0) is 14.9. The largest absolute Gasteiger partial charge is 0.435 e. The molecule has 0 radical (unpaired) electrons. The van der Waals surface area contributed by atoms with E-state index in [0.717, 1.165) is 11.3 Å². The number of H-pyrrole nitrogens is 1. The van der Waals surface area contributed by atoms with Crippen LogP contribution in [0.5, 0.6) is 11.6 Å². The van der Waals surface area contributed by atoms with Crippen LogP contribution in [0, 0.1) is 0 Å². The number of ether oxygens (including phenoxy) is 1. The van der Waals surface area contributed by atoms with Gasteiger partial charge in [0.1, 0.15) is 11.9 Å². The minimum Gasteiger partial charge on any atom is -0.435 e. The Morgan fingerprint density at radius 2 is 1.76 bits per heavy atom. The maximum atomic E-state index is 8.12. The molecule has 0 aliphatic rings. The second-order valence-electron chi connectivity index (χ2n) is 3.74. The molecule has 0 bridgehead atoms. The first-order chi connectivity index (χ1) is 10.3. The van der Waals surface area contributed by atoms with Crippen molar-refractivity contribution in [2.45, 2.75) is 0 Å². The molecule has 3 aromatic rings. The lowest BCUT2D eigenvalue weighted by molar-refractivity contribution is -0.191. The van der Waals surface area contributed by atoms with Gasteiger partial charge in [0, 0.05) is 5.56 Å². The number of aromatic amines is 1. The quantitative estimate of drug-likeness (QED) is 0.789. The van der Waals surface area contributed by atoms with Crippen molar-refractivity contribution in [3.05, 3.63) is 54.9 Å². The van der Waals surface area contributed by atoms with Gasteiger partial charge in [0.15, 0.2) is 0 Å². The van der Waals surface area contributed by atoms with E-state index in [1.54, 1.807) is 6.20 Å². The Morgan fingerprint density at radius 1 is 1.00 bits per heavy atom. The van der Waals surface area contributed by atoms with Crippen LogP contribution in [0.2, 0.25) is 0 Å². The molecule has 0 amide bonds. The van der Waals surface area contributed by atoms with E-state index in [0.29, 0.717) is 11.6 Å². The second-order valence-corrected chi connectivity index (χ2v) is 3.74. The fourth-order valence-electron chi connectivity index (χ4n) is 1.58. The Morgan fingerprint density at radius 3 is 2.33 bits per heavy atom. The van der Waals surface area contributed by atoms with E-state index in [1.807, 2.05) is 42.5 Å². The SMILES string of the molecule is O=C=O.c1ccc(-c2ccc(Oc3cn[nH]n3)cn2)cc1. The van der Waals surface area contributed by atoms with Crippen molar-refractivity contribution in [3.8, 4) is 22.9 Å². The number of hydrogen-bond acceptors (Lipinski definition) is 6. The van der Waals surface area contributed by atoms with Gasteiger partial charge < -0.3 is 4.74 Å². The normalized spacial score (nSPS) is 9.14. The van der Waals surface area contributed by atoms with Crippen LogP contribution in [0.4, 0.5) is 0 Å². The maximum Gasteiger partial charge on any atom is 0.373 e. The van der Waals surface area contributed by atoms with Gasteiger partial charge in [0.2, 0.25) is 0 Å². The van der Waals surface area contributed by atoms with Gasteiger partial charge in [-0.3, -0.25) is 4.98 Å². The van der Waals surface area contributed by atoms with Crippen LogP contribution in [-0.4, -0.2) is 26.5 Å². The fourth-order valence-corrected chi connectivity index (χ4v) is 1.58. The third-order valence-electron chi connectivity index (χ3n) is 2.42. The molecule has 0 atom stereocenters.